The second kappa shape index (κ2) is 6.91. The fourth-order valence-electron chi connectivity index (χ4n) is 4.95. The average molecular weight is 464 g/mol. The molecule has 0 atom stereocenters. The van der Waals surface area contributed by atoms with Crippen molar-refractivity contribution in [3.05, 3.63) is 80.6 Å². The molecule has 5 nitrogen and oxygen atoms in total. The van der Waals surface area contributed by atoms with Crippen molar-refractivity contribution in [1.82, 2.24) is 14.8 Å². The van der Waals surface area contributed by atoms with Crippen LogP contribution in [0.3, 0.4) is 0 Å². The number of hydrogen-bond acceptors (Lipinski definition) is 4. The number of fused-ring (bicyclic) bond motifs is 1. The Morgan fingerprint density at radius 2 is 2.03 bits per heavy atom. The number of benzene rings is 2. The van der Waals surface area contributed by atoms with Crippen molar-refractivity contribution in [3.63, 3.8) is 0 Å². The highest BCUT2D eigenvalue weighted by Crippen LogP contribution is 2.51. The molecule has 0 amide bonds. The predicted molar refractivity (Wildman–Crippen MR) is 121 cm³/mol. The van der Waals surface area contributed by atoms with Gasteiger partial charge in [0.1, 0.15) is 24.0 Å². The molecular formula is C24H22BrN3O2. The zero-order chi connectivity index (χ0) is 21.0. The molecule has 2 aromatic heterocycles. The summed E-state index contributed by atoms with van der Waals surface area (Å²) in [5.41, 5.74) is 3.97. The Morgan fingerprint density at radius 3 is 2.73 bits per heavy atom. The fourth-order valence-corrected chi connectivity index (χ4v) is 5.52. The average Bonchev–Trinajstić information content (AvgIpc) is 3.12. The first-order chi connectivity index (χ1) is 14.4. The largest absolute Gasteiger partial charge is 0.463 e. The summed E-state index contributed by atoms with van der Waals surface area (Å²) in [4.78, 5) is 13.3. The van der Waals surface area contributed by atoms with Crippen LogP contribution in [-0.2, 0) is 12.5 Å². The van der Waals surface area contributed by atoms with Gasteiger partial charge in [-0.15, -0.1) is 10.2 Å². The quantitative estimate of drug-likeness (QED) is 0.409. The first-order valence-corrected chi connectivity index (χ1v) is 10.9. The summed E-state index contributed by atoms with van der Waals surface area (Å²) >= 11 is 3.49. The van der Waals surface area contributed by atoms with Crippen molar-refractivity contribution in [1.29, 1.82) is 0 Å². The van der Waals surface area contributed by atoms with Crippen molar-refractivity contribution in [2.24, 2.45) is 13.0 Å². The molecule has 2 aromatic carbocycles. The molecule has 4 aromatic rings. The molecule has 152 valence electrons. The molecule has 0 radical (unpaired) electrons. The zero-order valence-corrected chi connectivity index (χ0v) is 18.7. The van der Waals surface area contributed by atoms with E-state index in [2.05, 4.69) is 45.2 Å². The number of hydrogen-bond donors (Lipinski definition) is 0. The molecule has 30 heavy (non-hydrogen) atoms. The topological polar surface area (TPSA) is 60.9 Å². The van der Waals surface area contributed by atoms with Gasteiger partial charge in [-0.3, -0.25) is 4.79 Å². The minimum Gasteiger partial charge on any atom is -0.463 e. The van der Waals surface area contributed by atoms with E-state index in [1.807, 2.05) is 42.8 Å². The number of halogens is 1. The van der Waals surface area contributed by atoms with Gasteiger partial charge in [0.05, 0.1) is 16.4 Å². The number of nitrogens with zero attached hydrogens (tertiary/aromatic N) is 3. The lowest BCUT2D eigenvalue weighted by Crippen LogP contribution is -2.43. The molecule has 5 rings (SSSR count). The molecule has 0 spiro atoms. The van der Waals surface area contributed by atoms with E-state index in [0.717, 1.165) is 34.3 Å². The zero-order valence-electron chi connectivity index (χ0n) is 17.1. The monoisotopic (exact) mass is 463 g/mol. The maximum atomic E-state index is 13.3. The molecule has 0 bridgehead atoms. The third-order valence-electron chi connectivity index (χ3n) is 6.28. The van der Waals surface area contributed by atoms with Gasteiger partial charge in [-0.1, -0.05) is 41.1 Å². The van der Waals surface area contributed by atoms with Crippen molar-refractivity contribution in [2.45, 2.75) is 32.1 Å². The van der Waals surface area contributed by atoms with Gasteiger partial charge >= 0.3 is 0 Å². The summed E-state index contributed by atoms with van der Waals surface area (Å²) in [6, 6.07) is 12.0. The smallest absolute Gasteiger partial charge is 0.200 e. The van der Waals surface area contributed by atoms with E-state index in [-0.39, 0.29) is 10.8 Å². The van der Waals surface area contributed by atoms with E-state index >= 15 is 0 Å². The van der Waals surface area contributed by atoms with E-state index in [0.29, 0.717) is 22.5 Å². The van der Waals surface area contributed by atoms with Crippen LogP contribution < -0.4 is 5.43 Å². The predicted octanol–water partition coefficient (Wildman–Crippen LogP) is 5.38. The second-order valence-corrected chi connectivity index (χ2v) is 9.44. The summed E-state index contributed by atoms with van der Waals surface area (Å²) in [7, 11) is 1.99. The van der Waals surface area contributed by atoms with E-state index in [1.165, 1.54) is 5.56 Å². The Balaban J connectivity index is 1.67. The summed E-state index contributed by atoms with van der Waals surface area (Å²) < 4.78 is 8.76. The molecule has 1 saturated carbocycles. The third kappa shape index (κ3) is 2.85. The molecule has 0 N–H and O–H groups in total. The summed E-state index contributed by atoms with van der Waals surface area (Å²) in [6.07, 6.45) is 5.37. The summed E-state index contributed by atoms with van der Waals surface area (Å²) in [5.74, 6) is 1.60. The minimum absolute atomic E-state index is 0.0208. The molecule has 1 aliphatic rings. The Labute approximate surface area is 182 Å². The first kappa shape index (κ1) is 19.2. The van der Waals surface area contributed by atoms with E-state index < -0.39 is 0 Å². The SMILES string of the molecule is Cc1cc(Br)cc2c(=O)c(-c3cccc(C4(c5nncn5C)CC(C)C4)c3)coc12. The lowest BCUT2D eigenvalue weighted by atomic mass is 9.58. The van der Waals surface area contributed by atoms with Crippen LogP contribution in [0, 0.1) is 12.8 Å². The van der Waals surface area contributed by atoms with Crippen LogP contribution in [-0.4, -0.2) is 14.8 Å². The fraction of sp³-hybridized carbons (Fsp3) is 0.292. The maximum absolute atomic E-state index is 13.3. The van der Waals surface area contributed by atoms with E-state index in [1.54, 1.807) is 12.6 Å². The molecule has 6 heteroatoms. The Morgan fingerprint density at radius 1 is 1.23 bits per heavy atom. The van der Waals surface area contributed by atoms with Crippen LogP contribution in [0.25, 0.3) is 22.1 Å². The van der Waals surface area contributed by atoms with Crippen molar-refractivity contribution < 1.29 is 4.42 Å². The van der Waals surface area contributed by atoms with Crippen LogP contribution in [0.4, 0.5) is 0 Å². The molecule has 1 fully saturated rings. The molecule has 2 heterocycles. The number of aryl methyl sites for hydroxylation is 2. The van der Waals surface area contributed by atoms with Crippen LogP contribution >= 0.6 is 15.9 Å². The standard InChI is InChI=1S/C24H22BrN3O2/c1-14-10-24(11-14,23-27-26-13-28(23)3)17-6-4-5-16(8-17)20-12-30-22-15(2)7-18(25)9-19(22)21(20)29/h4-9,12-14H,10-11H2,1-3H3. The lowest BCUT2D eigenvalue weighted by molar-refractivity contribution is 0.185. The van der Waals surface area contributed by atoms with Gasteiger partial charge in [0, 0.05) is 11.5 Å². The lowest BCUT2D eigenvalue weighted by Gasteiger charge is -2.46. The Kier molecular flexibility index (Phi) is 4.43. The highest BCUT2D eigenvalue weighted by atomic mass is 79.9. The Bertz CT molecular complexity index is 1330. The van der Waals surface area contributed by atoms with Crippen molar-refractivity contribution in [3.8, 4) is 11.1 Å². The second-order valence-electron chi connectivity index (χ2n) is 8.52. The molecular weight excluding hydrogens is 442 g/mol. The maximum Gasteiger partial charge on any atom is 0.200 e. The van der Waals surface area contributed by atoms with E-state index in [9.17, 15) is 4.79 Å². The van der Waals surface area contributed by atoms with Gasteiger partial charge in [0.25, 0.3) is 0 Å². The van der Waals surface area contributed by atoms with Crippen LogP contribution in [0.1, 0.15) is 36.7 Å². The van der Waals surface area contributed by atoms with E-state index in [4.69, 9.17) is 4.42 Å². The van der Waals surface area contributed by atoms with Crippen LogP contribution in [0.2, 0.25) is 0 Å². The molecule has 0 saturated heterocycles. The highest BCUT2D eigenvalue weighted by Gasteiger charge is 2.48. The summed E-state index contributed by atoms with van der Waals surface area (Å²) in [5, 5.41) is 9.13. The number of aromatic nitrogens is 3. The van der Waals surface area contributed by atoms with Gasteiger partial charge in [0.15, 0.2) is 0 Å². The first-order valence-electron chi connectivity index (χ1n) is 10.1. The van der Waals surface area contributed by atoms with Gasteiger partial charge in [-0.25, -0.2) is 0 Å². The Hall–Kier alpha value is -2.73. The van der Waals surface area contributed by atoms with Crippen molar-refractivity contribution >= 4 is 26.9 Å². The van der Waals surface area contributed by atoms with Gasteiger partial charge < -0.3 is 8.98 Å². The molecule has 1 aliphatic carbocycles. The normalized spacial score (nSPS) is 21.0. The molecule has 0 unspecified atom stereocenters. The number of rotatable bonds is 3. The van der Waals surface area contributed by atoms with Crippen LogP contribution in [0.15, 0.2) is 62.7 Å². The third-order valence-corrected chi connectivity index (χ3v) is 6.74. The summed E-state index contributed by atoms with van der Waals surface area (Å²) in [6.45, 7) is 4.20. The van der Waals surface area contributed by atoms with Gasteiger partial charge in [0.2, 0.25) is 5.43 Å². The molecule has 0 aliphatic heterocycles. The minimum atomic E-state index is -0.169. The highest BCUT2D eigenvalue weighted by molar-refractivity contribution is 9.10. The van der Waals surface area contributed by atoms with Gasteiger partial charge in [-0.05, 0) is 60.6 Å². The van der Waals surface area contributed by atoms with Gasteiger partial charge in [-0.2, -0.15) is 0 Å². The van der Waals surface area contributed by atoms with Crippen molar-refractivity contribution in [2.75, 3.05) is 0 Å². The van der Waals surface area contributed by atoms with Crippen LogP contribution in [0.5, 0.6) is 0 Å².